The summed E-state index contributed by atoms with van der Waals surface area (Å²) in [6, 6.07) is 7.00. The Balaban J connectivity index is 1.80. The number of nitro benzene ring substituents is 1. The van der Waals surface area contributed by atoms with Crippen molar-refractivity contribution in [2.45, 2.75) is 32.2 Å². The Labute approximate surface area is 120 Å². The standard InChI is InChI=1S/C15H23N3O2/c1-13(14-6-5-7-15(12-14)18(19)20)16-8-11-17-9-3-2-4-10-17/h5-7,12-13,16H,2-4,8-11H2,1H3. The lowest BCUT2D eigenvalue weighted by Gasteiger charge is -2.27. The van der Waals surface area contributed by atoms with Gasteiger partial charge in [-0.15, -0.1) is 0 Å². The molecule has 1 aliphatic heterocycles. The number of rotatable bonds is 6. The summed E-state index contributed by atoms with van der Waals surface area (Å²) in [4.78, 5) is 12.9. The van der Waals surface area contributed by atoms with Crippen LogP contribution in [0.15, 0.2) is 24.3 Å². The predicted octanol–water partition coefficient (Wildman–Crippen LogP) is 2.73. The van der Waals surface area contributed by atoms with Gasteiger partial charge < -0.3 is 10.2 Å². The molecule has 0 spiro atoms. The number of nitrogens with one attached hydrogen (secondary N) is 1. The number of likely N-dealkylation sites (tertiary alicyclic amines) is 1. The Kier molecular flexibility index (Phi) is 5.49. The molecule has 1 unspecified atom stereocenters. The Morgan fingerprint density at radius 2 is 2.10 bits per heavy atom. The van der Waals surface area contributed by atoms with Crippen LogP contribution >= 0.6 is 0 Å². The molecule has 1 atom stereocenters. The zero-order valence-corrected chi connectivity index (χ0v) is 12.0. The number of nitrogens with zero attached hydrogens (tertiary/aromatic N) is 2. The molecule has 1 aliphatic rings. The van der Waals surface area contributed by atoms with Crippen LogP contribution in [0.3, 0.4) is 0 Å². The van der Waals surface area contributed by atoms with Crippen LogP contribution in [-0.2, 0) is 0 Å². The summed E-state index contributed by atoms with van der Waals surface area (Å²) in [6.07, 6.45) is 3.97. The maximum absolute atomic E-state index is 10.8. The minimum Gasteiger partial charge on any atom is -0.309 e. The van der Waals surface area contributed by atoms with Crippen LogP contribution in [0.25, 0.3) is 0 Å². The van der Waals surface area contributed by atoms with Gasteiger partial charge in [-0.3, -0.25) is 10.1 Å². The summed E-state index contributed by atoms with van der Waals surface area (Å²) in [6.45, 7) is 6.43. The van der Waals surface area contributed by atoms with Gasteiger partial charge in [0.25, 0.3) is 5.69 Å². The third-order valence-electron chi connectivity index (χ3n) is 3.91. The van der Waals surface area contributed by atoms with Crippen LogP contribution in [0.4, 0.5) is 5.69 Å². The predicted molar refractivity (Wildman–Crippen MR) is 79.8 cm³/mol. The zero-order chi connectivity index (χ0) is 14.4. The Morgan fingerprint density at radius 3 is 2.80 bits per heavy atom. The summed E-state index contributed by atoms with van der Waals surface area (Å²) in [5.74, 6) is 0. The quantitative estimate of drug-likeness (QED) is 0.641. The van der Waals surface area contributed by atoms with Crippen molar-refractivity contribution in [3.8, 4) is 0 Å². The molecule has 1 aromatic carbocycles. The van der Waals surface area contributed by atoms with E-state index in [1.54, 1.807) is 12.1 Å². The van der Waals surface area contributed by atoms with Crippen molar-refractivity contribution >= 4 is 5.69 Å². The van der Waals surface area contributed by atoms with Crippen molar-refractivity contribution in [3.05, 3.63) is 39.9 Å². The lowest BCUT2D eigenvalue weighted by atomic mass is 10.1. The van der Waals surface area contributed by atoms with E-state index in [9.17, 15) is 10.1 Å². The molecule has 0 aliphatic carbocycles. The molecule has 5 heteroatoms. The first kappa shape index (κ1) is 14.9. The lowest BCUT2D eigenvalue weighted by molar-refractivity contribution is -0.384. The van der Waals surface area contributed by atoms with E-state index in [0.717, 1.165) is 18.7 Å². The van der Waals surface area contributed by atoms with Crippen LogP contribution in [0.1, 0.15) is 37.8 Å². The van der Waals surface area contributed by atoms with Crippen LogP contribution in [0.5, 0.6) is 0 Å². The van der Waals surface area contributed by atoms with Crippen molar-refractivity contribution in [3.63, 3.8) is 0 Å². The van der Waals surface area contributed by atoms with Gasteiger partial charge in [0.05, 0.1) is 4.92 Å². The maximum Gasteiger partial charge on any atom is 0.269 e. The third-order valence-corrected chi connectivity index (χ3v) is 3.91. The number of non-ortho nitro benzene ring substituents is 1. The molecule has 0 bridgehead atoms. The molecule has 0 amide bonds. The van der Waals surface area contributed by atoms with Gasteiger partial charge in [-0.25, -0.2) is 0 Å². The first-order valence-corrected chi connectivity index (χ1v) is 7.37. The Morgan fingerprint density at radius 1 is 1.35 bits per heavy atom. The summed E-state index contributed by atoms with van der Waals surface area (Å²) in [5, 5.41) is 14.2. The fourth-order valence-electron chi connectivity index (χ4n) is 2.65. The second-order valence-electron chi connectivity index (χ2n) is 5.43. The fourth-order valence-corrected chi connectivity index (χ4v) is 2.65. The molecular weight excluding hydrogens is 254 g/mol. The normalized spacial score (nSPS) is 17.9. The highest BCUT2D eigenvalue weighted by Crippen LogP contribution is 2.18. The first-order valence-electron chi connectivity index (χ1n) is 7.37. The van der Waals surface area contributed by atoms with Crippen LogP contribution in [0, 0.1) is 10.1 Å². The molecule has 20 heavy (non-hydrogen) atoms. The first-order chi connectivity index (χ1) is 9.66. The fraction of sp³-hybridized carbons (Fsp3) is 0.600. The van der Waals surface area contributed by atoms with Crippen molar-refractivity contribution in [2.24, 2.45) is 0 Å². The molecule has 1 fully saturated rings. The molecule has 1 saturated heterocycles. The van der Waals surface area contributed by atoms with Crippen LogP contribution in [0.2, 0.25) is 0 Å². The van der Waals surface area contributed by atoms with E-state index in [2.05, 4.69) is 17.1 Å². The molecule has 1 aromatic rings. The molecule has 2 rings (SSSR count). The molecule has 110 valence electrons. The molecule has 0 saturated carbocycles. The monoisotopic (exact) mass is 277 g/mol. The second kappa shape index (κ2) is 7.36. The summed E-state index contributed by atoms with van der Waals surface area (Å²) >= 11 is 0. The number of hydrogen-bond donors (Lipinski definition) is 1. The van der Waals surface area contributed by atoms with Gasteiger partial charge in [0, 0.05) is 31.3 Å². The molecule has 0 radical (unpaired) electrons. The van der Waals surface area contributed by atoms with E-state index in [1.807, 2.05) is 6.07 Å². The smallest absolute Gasteiger partial charge is 0.269 e. The molecule has 1 N–H and O–H groups in total. The van der Waals surface area contributed by atoms with Gasteiger partial charge >= 0.3 is 0 Å². The van der Waals surface area contributed by atoms with E-state index in [0.29, 0.717) is 0 Å². The van der Waals surface area contributed by atoms with E-state index in [4.69, 9.17) is 0 Å². The molecule has 5 nitrogen and oxygen atoms in total. The molecular formula is C15H23N3O2. The van der Waals surface area contributed by atoms with Crippen molar-refractivity contribution in [2.75, 3.05) is 26.2 Å². The highest BCUT2D eigenvalue weighted by atomic mass is 16.6. The second-order valence-corrected chi connectivity index (χ2v) is 5.43. The van der Waals surface area contributed by atoms with E-state index >= 15 is 0 Å². The van der Waals surface area contributed by atoms with Crippen molar-refractivity contribution in [1.29, 1.82) is 0 Å². The van der Waals surface area contributed by atoms with Gasteiger partial charge in [-0.05, 0) is 38.4 Å². The van der Waals surface area contributed by atoms with E-state index < -0.39 is 0 Å². The van der Waals surface area contributed by atoms with Crippen LogP contribution < -0.4 is 5.32 Å². The van der Waals surface area contributed by atoms with Gasteiger partial charge in [-0.1, -0.05) is 18.6 Å². The SMILES string of the molecule is CC(NCCN1CCCCC1)c1cccc([N+](=O)[O-])c1. The van der Waals surface area contributed by atoms with Crippen molar-refractivity contribution in [1.82, 2.24) is 10.2 Å². The van der Waals surface area contributed by atoms with Gasteiger partial charge in [-0.2, -0.15) is 0 Å². The number of benzene rings is 1. The highest BCUT2D eigenvalue weighted by Gasteiger charge is 2.12. The van der Waals surface area contributed by atoms with Gasteiger partial charge in [0.2, 0.25) is 0 Å². The molecule has 1 heterocycles. The zero-order valence-electron chi connectivity index (χ0n) is 12.0. The minimum atomic E-state index is -0.343. The highest BCUT2D eigenvalue weighted by molar-refractivity contribution is 5.35. The number of piperidine rings is 1. The maximum atomic E-state index is 10.8. The summed E-state index contributed by atoms with van der Waals surface area (Å²) < 4.78 is 0. The van der Waals surface area contributed by atoms with Crippen LogP contribution in [-0.4, -0.2) is 36.0 Å². The van der Waals surface area contributed by atoms with Gasteiger partial charge in [0.15, 0.2) is 0 Å². The average molecular weight is 277 g/mol. The lowest BCUT2D eigenvalue weighted by Crippen LogP contribution is -2.36. The largest absolute Gasteiger partial charge is 0.309 e. The minimum absolute atomic E-state index is 0.139. The Hall–Kier alpha value is -1.46. The van der Waals surface area contributed by atoms with Gasteiger partial charge in [0.1, 0.15) is 0 Å². The van der Waals surface area contributed by atoms with E-state index in [1.165, 1.54) is 38.4 Å². The topological polar surface area (TPSA) is 58.4 Å². The summed E-state index contributed by atoms with van der Waals surface area (Å²) in [5.41, 5.74) is 1.13. The van der Waals surface area contributed by atoms with E-state index in [-0.39, 0.29) is 16.7 Å². The molecule has 0 aromatic heterocycles. The van der Waals surface area contributed by atoms with Crippen molar-refractivity contribution < 1.29 is 4.92 Å². The number of nitro groups is 1. The summed E-state index contributed by atoms with van der Waals surface area (Å²) in [7, 11) is 0. The Bertz CT molecular complexity index is 444. The third kappa shape index (κ3) is 4.28. The average Bonchev–Trinajstić information content (AvgIpc) is 2.48. The number of hydrogen-bond acceptors (Lipinski definition) is 4.